The van der Waals surface area contributed by atoms with E-state index >= 15 is 0 Å². The highest BCUT2D eigenvalue weighted by atomic mass is 35.5. The fourth-order valence-corrected chi connectivity index (χ4v) is 2.97. The Hall–Kier alpha value is -1.91. The minimum Gasteiger partial charge on any atom is -0.368 e. The highest BCUT2D eigenvalue weighted by molar-refractivity contribution is 7.86. The number of halogens is 1. The maximum Gasteiger partial charge on any atom is 0.318 e. The van der Waals surface area contributed by atoms with Crippen LogP contribution in [0, 0.1) is 0 Å². The van der Waals surface area contributed by atoms with Crippen molar-refractivity contribution in [3.63, 3.8) is 0 Å². The summed E-state index contributed by atoms with van der Waals surface area (Å²) in [4.78, 5) is 7.64. The lowest BCUT2D eigenvalue weighted by Crippen LogP contribution is -2.14. The smallest absolute Gasteiger partial charge is 0.318 e. The number of nitrogens with zero attached hydrogens (tertiary/aromatic N) is 4. The van der Waals surface area contributed by atoms with Gasteiger partial charge in [0.2, 0.25) is 11.0 Å². The Kier molecular flexibility index (Phi) is 4.54. The van der Waals surface area contributed by atoms with Crippen molar-refractivity contribution in [3.8, 4) is 0 Å². The van der Waals surface area contributed by atoms with Crippen LogP contribution >= 0.6 is 11.6 Å². The van der Waals surface area contributed by atoms with Gasteiger partial charge >= 0.3 is 10.1 Å². The number of nitrogens with one attached hydrogen (secondary N) is 1. The topological polar surface area (TPSA) is 125 Å². The van der Waals surface area contributed by atoms with Crippen molar-refractivity contribution in [2.45, 2.75) is 25.0 Å². The minimum atomic E-state index is -4.02. The normalized spacial score (nSPS) is 11.9. The lowest BCUT2D eigenvalue weighted by Gasteiger charge is -2.09. The van der Waals surface area contributed by atoms with Crippen molar-refractivity contribution < 1.29 is 12.6 Å². The van der Waals surface area contributed by atoms with Crippen LogP contribution in [0.2, 0.25) is 5.02 Å². The Bertz CT molecular complexity index is 789. The van der Waals surface area contributed by atoms with Crippen molar-refractivity contribution >= 4 is 39.2 Å². The maximum absolute atomic E-state index is 12.2. The fourth-order valence-electron chi connectivity index (χ4n) is 1.63. The molecule has 22 heavy (non-hydrogen) atoms. The first-order valence-electron chi connectivity index (χ1n) is 6.21. The number of hydrogen-bond donors (Lipinski definition) is 2. The maximum atomic E-state index is 12.2. The minimum absolute atomic E-state index is 0.00127. The third-order valence-electron chi connectivity index (χ3n) is 2.37. The van der Waals surface area contributed by atoms with Gasteiger partial charge in [-0.15, -0.1) is 0 Å². The molecule has 3 N–H and O–H groups in total. The Morgan fingerprint density at radius 3 is 2.77 bits per heavy atom. The van der Waals surface area contributed by atoms with E-state index in [0.29, 0.717) is 0 Å². The Morgan fingerprint density at radius 2 is 2.14 bits per heavy atom. The lowest BCUT2D eigenvalue weighted by molar-refractivity contribution is 0.247. The number of anilines is 3. The fraction of sp³-hybridized carbons (Fsp3) is 0.364. The second-order valence-corrected chi connectivity index (χ2v) is 6.57. The molecule has 2 aromatic rings. The number of nitrogen functional groups attached to an aromatic ring is 1. The largest absolute Gasteiger partial charge is 0.368 e. The SMILES string of the molecule is CC(C)OS(=O)(=O)c1nn(C)cc1Nc1nc(N)ncc1Cl. The first kappa shape index (κ1) is 16.5. The van der Waals surface area contributed by atoms with Gasteiger partial charge in [-0.05, 0) is 13.8 Å². The molecule has 0 radical (unpaired) electrons. The van der Waals surface area contributed by atoms with E-state index in [1.165, 1.54) is 17.1 Å². The molecule has 0 aliphatic carbocycles. The van der Waals surface area contributed by atoms with Gasteiger partial charge in [0, 0.05) is 13.2 Å². The number of aromatic nitrogens is 4. The van der Waals surface area contributed by atoms with Crippen molar-refractivity contribution in [3.05, 3.63) is 17.4 Å². The molecule has 0 amide bonds. The van der Waals surface area contributed by atoms with E-state index < -0.39 is 16.2 Å². The van der Waals surface area contributed by atoms with Crippen LogP contribution in [0.5, 0.6) is 0 Å². The van der Waals surface area contributed by atoms with Gasteiger partial charge in [0.05, 0.1) is 12.3 Å². The summed E-state index contributed by atoms with van der Waals surface area (Å²) >= 11 is 5.95. The van der Waals surface area contributed by atoms with Crippen LogP contribution in [-0.4, -0.2) is 34.3 Å². The number of nitrogens with two attached hydrogens (primary N) is 1. The van der Waals surface area contributed by atoms with Gasteiger partial charge in [-0.25, -0.2) is 4.98 Å². The number of aryl methyl sites for hydroxylation is 1. The third kappa shape index (κ3) is 3.64. The summed E-state index contributed by atoms with van der Waals surface area (Å²) in [7, 11) is -2.45. The molecule has 0 unspecified atom stereocenters. The molecule has 0 saturated heterocycles. The first-order chi connectivity index (χ1) is 10.2. The zero-order valence-corrected chi connectivity index (χ0v) is 13.7. The van der Waals surface area contributed by atoms with Gasteiger partial charge in [-0.2, -0.15) is 18.5 Å². The van der Waals surface area contributed by atoms with Crippen LogP contribution in [0.1, 0.15) is 13.8 Å². The second-order valence-electron chi connectivity index (χ2n) is 4.67. The molecule has 0 spiro atoms. The molecule has 120 valence electrons. The van der Waals surface area contributed by atoms with Gasteiger partial charge in [0.1, 0.15) is 10.7 Å². The van der Waals surface area contributed by atoms with E-state index in [1.54, 1.807) is 20.9 Å². The van der Waals surface area contributed by atoms with Gasteiger partial charge in [-0.3, -0.25) is 8.86 Å². The van der Waals surface area contributed by atoms with Crippen LogP contribution in [0.25, 0.3) is 0 Å². The summed E-state index contributed by atoms with van der Waals surface area (Å²) in [6.45, 7) is 3.21. The molecule has 2 heterocycles. The highest BCUT2D eigenvalue weighted by Crippen LogP contribution is 2.28. The Balaban J connectivity index is 2.43. The summed E-state index contributed by atoms with van der Waals surface area (Å²) in [6, 6.07) is 0. The molecular weight excluding hydrogens is 332 g/mol. The van der Waals surface area contributed by atoms with Gasteiger partial charge < -0.3 is 11.1 Å². The molecule has 2 aromatic heterocycles. The zero-order valence-electron chi connectivity index (χ0n) is 12.1. The molecule has 0 fully saturated rings. The quantitative estimate of drug-likeness (QED) is 0.776. The van der Waals surface area contributed by atoms with Crippen molar-refractivity contribution in [1.29, 1.82) is 0 Å². The van der Waals surface area contributed by atoms with Crippen LogP contribution in [0.15, 0.2) is 17.4 Å². The molecule has 11 heteroatoms. The van der Waals surface area contributed by atoms with Crippen molar-refractivity contribution in [2.24, 2.45) is 7.05 Å². The molecule has 2 rings (SSSR count). The summed E-state index contributed by atoms with van der Waals surface area (Å²) in [5.74, 6) is 0.168. The highest BCUT2D eigenvalue weighted by Gasteiger charge is 2.26. The average molecular weight is 347 g/mol. The van der Waals surface area contributed by atoms with E-state index in [4.69, 9.17) is 21.5 Å². The van der Waals surface area contributed by atoms with Crippen LogP contribution in [0.3, 0.4) is 0 Å². The van der Waals surface area contributed by atoms with Gasteiger partial charge in [0.15, 0.2) is 5.82 Å². The molecule has 0 atom stereocenters. The summed E-state index contributed by atoms with van der Waals surface area (Å²) < 4.78 is 30.6. The predicted octanol–water partition coefficient (Wildman–Crippen LogP) is 1.30. The predicted molar refractivity (Wildman–Crippen MR) is 81.4 cm³/mol. The summed E-state index contributed by atoms with van der Waals surface area (Å²) in [6.07, 6.45) is 2.25. The molecule has 0 aliphatic heterocycles. The van der Waals surface area contributed by atoms with E-state index in [1.807, 2.05) is 0 Å². The molecular formula is C11H15ClN6O3S. The summed E-state index contributed by atoms with van der Waals surface area (Å²) in [5.41, 5.74) is 5.66. The van der Waals surface area contributed by atoms with E-state index in [-0.39, 0.29) is 27.5 Å². The monoisotopic (exact) mass is 346 g/mol. The second kappa shape index (κ2) is 6.07. The van der Waals surface area contributed by atoms with E-state index in [9.17, 15) is 8.42 Å². The van der Waals surface area contributed by atoms with Gasteiger partial charge in [0.25, 0.3) is 0 Å². The third-order valence-corrected chi connectivity index (χ3v) is 4.06. The zero-order chi connectivity index (χ0) is 16.5. The molecule has 9 nitrogen and oxygen atoms in total. The standard InChI is InChI=1S/C11H15ClN6O3S/c1-6(2)21-22(19,20)10-8(5-18(3)17-10)15-9-7(12)4-14-11(13)16-9/h4-6H,1-3H3,(H3,13,14,15,16). The summed E-state index contributed by atoms with van der Waals surface area (Å²) in [5, 5.41) is 6.60. The van der Waals surface area contributed by atoms with Crippen LogP contribution in [0.4, 0.5) is 17.5 Å². The van der Waals surface area contributed by atoms with Crippen molar-refractivity contribution in [1.82, 2.24) is 19.7 Å². The molecule has 0 aromatic carbocycles. The number of hydrogen-bond acceptors (Lipinski definition) is 8. The Labute approximate surface area is 132 Å². The lowest BCUT2D eigenvalue weighted by atomic mass is 10.5. The average Bonchev–Trinajstić information content (AvgIpc) is 2.74. The van der Waals surface area contributed by atoms with E-state index in [0.717, 1.165) is 0 Å². The van der Waals surface area contributed by atoms with Crippen LogP contribution in [-0.2, 0) is 21.3 Å². The van der Waals surface area contributed by atoms with Crippen molar-refractivity contribution in [2.75, 3.05) is 11.1 Å². The van der Waals surface area contributed by atoms with Gasteiger partial charge in [-0.1, -0.05) is 11.6 Å². The molecule has 0 aliphatic rings. The van der Waals surface area contributed by atoms with Crippen LogP contribution < -0.4 is 11.1 Å². The first-order valence-corrected chi connectivity index (χ1v) is 7.99. The molecule has 0 bridgehead atoms. The number of rotatable bonds is 5. The molecule has 0 saturated carbocycles. The van der Waals surface area contributed by atoms with E-state index in [2.05, 4.69) is 20.4 Å². The Morgan fingerprint density at radius 1 is 1.45 bits per heavy atom.